The van der Waals surface area contributed by atoms with Gasteiger partial charge in [0.05, 0.1) is 11.2 Å². The van der Waals surface area contributed by atoms with Gasteiger partial charge < -0.3 is 24.5 Å². The largest absolute Gasteiger partial charge is 0.492 e. The Hall–Kier alpha value is -2.39. The monoisotopic (exact) mass is 418 g/mol. The minimum Gasteiger partial charge on any atom is -0.476 e. The van der Waals surface area contributed by atoms with Crippen LogP contribution in [-0.2, 0) is 14.0 Å². The van der Waals surface area contributed by atoms with Gasteiger partial charge in [0.1, 0.15) is 5.60 Å². The molecule has 164 valence electrons. The molecule has 2 N–H and O–H groups in total. The summed E-state index contributed by atoms with van der Waals surface area (Å²) in [7, 11) is -0.771. The van der Waals surface area contributed by atoms with Gasteiger partial charge >= 0.3 is 19.2 Å². The van der Waals surface area contributed by atoms with Gasteiger partial charge in [0, 0.05) is 18.3 Å². The second-order valence-electron chi connectivity index (χ2n) is 9.42. The van der Waals surface area contributed by atoms with Crippen molar-refractivity contribution in [1.82, 2.24) is 10.3 Å². The van der Waals surface area contributed by atoms with Crippen molar-refractivity contribution in [3.05, 3.63) is 34.6 Å². The molecule has 1 aliphatic heterocycles. The number of rotatable bonds is 5. The predicted octanol–water partition coefficient (Wildman–Crippen LogP) is 3.63. The third-order valence-electron chi connectivity index (χ3n) is 4.99. The lowest BCUT2D eigenvalue weighted by Crippen LogP contribution is -2.41. The molecule has 0 bridgehead atoms. The number of amides is 1. The van der Waals surface area contributed by atoms with E-state index in [0.717, 1.165) is 5.56 Å². The first-order valence-electron chi connectivity index (χ1n) is 9.84. The highest BCUT2D eigenvalue weighted by Crippen LogP contribution is 2.38. The molecule has 1 saturated heterocycles. The van der Waals surface area contributed by atoms with Crippen LogP contribution in [0.3, 0.4) is 0 Å². The molecule has 30 heavy (non-hydrogen) atoms. The lowest BCUT2D eigenvalue weighted by atomic mass is 9.76. The molecular weight excluding hydrogens is 387 g/mol. The van der Waals surface area contributed by atoms with Gasteiger partial charge in [0.25, 0.3) is 0 Å². The lowest BCUT2D eigenvalue weighted by molar-refractivity contribution is 0.00578. The molecule has 1 fully saturated rings. The zero-order valence-corrected chi connectivity index (χ0v) is 19.0. The van der Waals surface area contributed by atoms with Crippen molar-refractivity contribution in [2.24, 2.45) is 0 Å². The number of hydrogen-bond acceptors (Lipinski definition) is 6. The van der Waals surface area contributed by atoms with Crippen molar-refractivity contribution >= 4 is 25.3 Å². The number of aryl methyl sites for hydroxylation is 1. The molecule has 0 aromatic carbocycles. The van der Waals surface area contributed by atoms with Gasteiger partial charge in [0.15, 0.2) is 5.69 Å². The fraction of sp³-hybridized carbons (Fsp3) is 0.571. The molecule has 1 amide bonds. The van der Waals surface area contributed by atoms with Gasteiger partial charge in [-0.1, -0.05) is 6.08 Å². The maximum atomic E-state index is 12.2. The molecule has 2 rings (SSSR count). The zero-order chi connectivity index (χ0) is 22.9. The van der Waals surface area contributed by atoms with Crippen LogP contribution in [0.4, 0.5) is 4.79 Å². The molecule has 0 spiro atoms. The number of carbonyl (C=O) groups excluding carboxylic acids is 1. The number of nitrogens with zero attached hydrogens (tertiary/aromatic N) is 1. The number of aromatic nitrogens is 1. The topological polar surface area (TPSA) is 107 Å². The summed E-state index contributed by atoms with van der Waals surface area (Å²) in [6.07, 6.45) is 2.54. The van der Waals surface area contributed by atoms with Crippen LogP contribution in [0, 0.1) is 6.92 Å². The van der Waals surface area contributed by atoms with Gasteiger partial charge in [-0.15, -0.1) is 0 Å². The van der Waals surface area contributed by atoms with Gasteiger partial charge in [-0.05, 0) is 72.5 Å². The summed E-state index contributed by atoms with van der Waals surface area (Å²) in [6.45, 7) is 14.9. The number of hydrogen-bond donors (Lipinski definition) is 2. The number of pyridine rings is 1. The van der Waals surface area contributed by atoms with Crippen molar-refractivity contribution in [2.75, 3.05) is 6.54 Å². The Morgan fingerprint density at radius 2 is 1.80 bits per heavy atom. The first kappa shape index (κ1) is 23.9. The van der Waals surface area contributed by atoms with Crippen LogP contribution in [0.15, 0.2) is 17.7 Å². The molecule has 2 heterocycles. The van der Waals surface area contributed by atoms with Crippen LogP contribution in [-0.4, -0.2) is 52.6 Å². The van der Waals surface area contributed by atoms with Crippen molar-refractivity contribution < 1.29 is 28.7 Å². The van der Waals surface area contributed by atoms with Crippen LogP contribution in [0.2, 0.25) is 0 Å². The number of carboxylic acids is 1. The standard InChI is InChI=1S/C21H31BN2O6/c1-13-9-14(16(17(25)26)23-11-13)10-15(12-24-18(27)28-19(2,3)4)22-29-20(5,6)21(7,8)30-22/h9-11H,12H2,1-8H3,(H,24,27)(H,25,26). The van der Waals surface area contributed by atoms with Gasteiger partial charge in [0.2, 0.25) is 0 Å². The minimum atomic E-state index is -1.14. The SMILES string of the molecule is Cc1cnc(C(=O)O)c(C=C(CNC(=O)OC(C)(C)C)B2OC(C)(C)C(C)(C)O2)c1. The first-order valence-corrected chi connectivity index (χ1v) is 9.84. The predicted molar refractivity (Wildman–Crippen MR) is 114 cm³/mol. The van der Waals surface area contributed by atoms with E-state index >= 15 is 0 Å². The van der Waals surface area contributed by atoms with E-state index in [4.69, 9.17) is 14.0 Å². The summed E-state index contributed by atoms with van der Waals surface area (Å²) >= 11 is 0. The number of carbonyl (C=O) groups is 2. The Bertz CT molecular complexity index is 842. The highest BCUT2D eigenvalue weighted by Gasteiger charge is 2.52. The third kappa shape index (κ3) is 5.83. The van der Waals surface area contributed by atoms with Crippen molar-refractivity contribution in [3.63, 3.8) is 0 Å². The summed E-state index contributed by atoms with van der Waals surface area (Å²) in [6, 6.07) is 1.72. The van der Waals surface area contributed by atoms with E-state index in [9.17, 15) is 14.7 Å². The summed E-state index contributed by atoms with van der Waals surface area (Å²) in [5, 5.41) is 12.2. The Labute approximate surface area is 178 Å². The Balaban J connectivity index is 2.40. The molecule has 1 aromatic rings. The van der Waals surface area contributed by atoms with Gasteiger partial charge in [-0.2, -0.15) is 0 Å². The second kappa shape index (κ2) is 8.39. The first-order chi connectivity index (χ1) is 13.6. The smallest absolute Gasteiger partial charge is 0.476 e. The normalized spacial score (nSPS) is 18.3. The average molecular weight is 418 g/mol. The van der Waals surface area contributed by atoms with E-state index in [-0.39, 0.29) is 12.2 Å². The molecule has 0 radical (unpaired) electrons. The fourth-order valence-corrected chi connectivity index (χ4v) is 2.77. The Morgan fingerprint density at radius 1 is 1.23 bits per heavy atom. The maximum Gasteiger partial charge on any atom is 0.492 e. The third-order valence-corrected chi connectivity index (χ3v) is 4.99. The summed E-state index contributed by atoms with van der Waals surface area (Å²) in [5.41, 5.74) is -0.166. The molecule has 0 aliphatic carbocycles. The zero-order valence-electron chi connectivity index (χ0n) is 19.0. The summed E-state index contributed by atoms with van der Waals surface area (Å²) in [4.78, 5) is 27.8. The Morgan fingerprint density at radius 3 is 2.30 bits per heavy atom. The highest BCUT2D eigenvalue weighted by atomic mass is 16.7. The van der Waals surface area contributed by atoms with E-state index in [0.29, 0.717) is 11.0 Å². The number of ether oxygens (including phenoxy) is 1. The average Bonchev–Trinajstić information content (AvgIpc) is 2.77. The van der Waals surface area contributed by atoms with Crippen LogP contribution < -0.4 is 5.32 Å². The number of aromatic carboxylic acids is 1. The minimum absolute atomic E-state index is 0.0543. The van der Waals surface area contributed by atoms with Gasteiger partial charge in [-0.3, -0.25) is 0 Å². The molecule has 8 nitrogen and oxygen atoms in total. The van der Waals surface area contributed by atoms with E-state index in [2.05, 4.69) is 10.3 Å². The fourth-order valence-electron chi connectivity index (χ4n) is 2.77. The molecule has 1 aliphatic rings. The van der Waals surface area contributed by atoms with Crippen molar-refractivity contribution in [1.29, 1.82) is 0 Å². The van der Waals surface area contributed by atoms with Crippen molar-refractivity contribution in [3.8, 4) is 0 Å². The van der Waals surface area contributed by atoms with Crippen LogP contribution in [0.5, 0.6) is 0 Å². The molecule has 0 atom stereocenters. The van der Waals surface area contributed by atoms with E-state index in [1.807, 2.05) is 34.6 Å². The molecule has 0 saturated carbocycles. The molecule has 9 heteroatoms. The quantitative estimate of drug-likeness (QED) is 0.704. The maximum absolute atomic E-state index is 12.2. The van der Waals surface area contributed by atoms with E-state index in [1.165, 1.54) is 6.20 Å². The summed E-state index contributed by atoms with van der Waals surface area (Å²) < 4.78 is 17.5. The van der Waals surface area contributed by atoms with Gasteiger partial charge in [-0.25, -0.2) is 14.6 Å². The van der Waals surface area contributed by atoms with Crippen LogP contribution in [0.1, 0.15) is 70.1 Å². The number of alkyl carbamates (subject to hydrolysis) is 1. The molecule has 0 unspecified atom stereocenters. The van der Waals surface area contributed by atoms with Crippen LogP contribution in [0.25, 0.3) is 6.08 Å². The number of nitrogens with one attached hydrogen (secondary N) is 1. The van der Waals surface area contributed by atoms with Crippen LogP contribution >= 0.6 is 0 Å². The lowest BCUT2D eigenvalue weighted by Gasteiger charge is -2.32. The van der Waals surface area contributed by atoms with E-state index in [1.54, 1.807) is 32.9 Å². The highest BCUT2D eigenvalue weighted by molar-refractivity contribution is 6.56. The Kier molecular flexibility index (Phi) is 6.68. The summed E-state index contributed by atoms with van der Waals surface area (Å²) in [5.74, 6) is -1.14. The van der Waals surface area contributed by atoms with Crippen molar-refractivity contribution in [2.45, 2.75) is 72.2 Å². The van der Waals surface area contributed by atoms with E-state index < -0.39 is 36.0 Å². The molecule has 1 aromatic heterocycles. The number of carboxylic acid groups (broad SMARTS) is 1. The molecular formula is C21H31BN2O6. The second-order valence-corrected chi connectivity index (χ2v) is 9.42.